The van der Waals surface area contributed by atoms with E-state index in [1.54, 1.807) is 19.2 Å². The zero-order valence-electron chi connectivity index (χ0n) is 16.6. The van der Waals surface area contributed by atoms with Crippen LogP contribution >= 0.6 is 23.3 Å². The van der Waals surface area contributed by atoms with Crippen LogP contribution in [0.2, 0.25) is 0 Å². The molecule has 7 nitrogen and oxygen atoms in total. The Morgan fingerprint density at radius 3 is 2.57 bits per heavy atom. The lowest BCUT2D eigenvalue weighted by Gasteiger charge is -2.34. The molecule has 1 N–H and O–H groups in total. The summed E-state index contributed by atoms with van der Waals surface area (Å²) < 4.78 is 52.2. The monoisotopic (exact) mass is 462 g/mol. The molecule has 12 heteroatoms. The lowest BCUT2D eigenvalue weighted by atomic mass is 10.2. The Hall–Kier alpha value is -2.18. The van der Waals surface area contributed by atoms with Crippen molar-refractivity contribution in [2.75, 3.05) is 52.3 Å². The van der Waals surface area contributed by atoms with Crippen molar-refractivity contribution in [1.82, 2.24) is 14.6 Å². The summed E-state index contributed by atoms with van der Waals surface area (Å²) in [6.45, 7) is 3.57. The molecule has 0 unspecified atom stereocenters. The van der Waals surface area contributed by atoms with Gasteiger partial charge in [-0.1, -0.05) is 11.8 Å². The van der Waals surface area contributed by atoms with Gasteiger partial charge in [-0.05, 0) is 36.8 Å². The number of piperazine rings is 1. The first-order valence-electron chi connectivity index (χ1n) is 8.98. The van der Waals surface area contributed by atoms with Gasteiger partial charge in [-0.15, -0.1) is 13.2 Å². The van der Waals surface area contributed by atoms with Crippen LogP contribution in [-0.4, -0.2) is 68.9 Å². The predicted octanol–water partition coefficient (Wildman–Crippen LogP) is 3.31. The average molecular weight is 463 g/mol. The topological polar surface area (TPSA) is 66.9 Å². The lowest BCUT2D eigenvalue weighted by molar-refractivity contribution is -0.275. The molecule has 1 fully saturated rings. The maximum absolute atomic E-state index is 12.9. The number of rotatable bonds is 6. The van der Waals surface area contributed by atoms with Gasteiger partial charge in [0, 0.05) is 38.1 Å². The summed E-state index contributed by atoms with van der Waals surface area (Å²) in [5, 5.41) is 2.27. The highest BCUT2D eigenvalue weighted by Crippen LogP contribution is 2.44. The van der Waals surface area contributed by atoms with Gasteiger partial charge in [0.1, 0.15) is 9.96 Å². The molecule has 0 radical (unpaired) electrons. The summed E-state index contributed by atoms with van der Waals surface area (Å²) in [4.78, 5) is 17.0. The van der Waals surface area contributed by atoms with Crippen LogP contribution < -0.4 is 19.7 Å². The van der Waals surface area contributed by atoms with E-state index in [2.05, 4.69) is 31.3 Å². The number of amides is 1. The molecule has 0 bridgehead atoms. The number of likely N-dealkylation sites (N-methyl/N-ethyl adjacent to an activating group) is 1. The van der Waals surface area contributed by atoms with Crippen LogP contribution in [0, 0.1) is 0 Å². The van der Waals surface area contributed by atoms with Crippen molar-refractivity contribution in [2.24, 2.45) is 0 Å². The van der Waals surface area contributed by atoms with Crippen molar-refractivity contribution in [3.63, 3.8) is 0 Å². The number of alkyl halides is 3. The van der Waals surface area contributed by atoms with Crippen molar-refractivity contribution in [3.05, 3.63) is 23.9 Å². The SMILES string of the molecule is CNC(=O)c1nsc(Sc2ccc(N3CCN(C)CC3)c(OC)c2)c1OC(F)(F)F. The smallest absolute Gasteiger partial charge is 0.495 e. The highest BCUT2D eigenvalue weighted by atomic mass is 32.2. The Labute approximate surface area is 180 Å². The molecule has 1 saturated heterocycles. The first-order valence-corrected chi connectivity index (χ1v) is 10.6. The number of hydrogen-bond acceptors (Lipinski definition) is 8. The zero-order valence-corrected chi connectivity index (χ0v) is 18.2. The van der Waals surface area contributed by atoms with E-state index < -0.39 is 23.7 Å². The third-order valence-corrected chi connectivity index (χ3v) is 6.45. The van der Waals surface area contributed by atoms with E-state index >= 15 is 0 Å². The number of aromatic nitrogens is 1. The van der Waals surface area contributed by atoms with Crippen molar-refractivity contribution < 1.29 is 27.4 Å². The minimum atomic E-state index is -4.94. The molecule has 1 aliphatic rings. The van der Waals surface area contributed by atoms with Crippen molar-refractivity contribution in [3.8, 4) is 11.5 Å². The Morgan fingerprint density at radius 1 is 1.27 bits per heavy atom. The van der Waals surface area contributed by atoms with E-state index in [-0.39, 0.29) is 4.21 Å². The molecule has 1 aromatic heterocycles. The highest BCUT2D eigenvalue weighted by molar-refractivity contribution is 8.01. The van der Waals surface area contributed by atoms with Crippen LogP contribution in [0.15, 0.2) is 27.3 Å². The number of benzene rings is 1. The normalized spacial score (nSPS) is 15.2. The molecule has 2 heterocycles. The molecule has 0 aliphatic carbocycles. The molecule has 0 atom stereocenters. The quantitative estimate of drug-likeness (QED) is 0.707. The van der Waals surface area contributed by atoms with E-state index in [1.807, 2.05) is 6.07 Å². The molecule has 0 saturated carbocycles. The number of ether oxygens (including phenoxy) is 2. The van der Waals surface area contributed by atoms with Crippen LogP contribution in [-0.2, 0) is 0 Å². The van der Waals surface area contributed by atoms with Crippen LogP contribution in [0.1, 0.15) is 10.5 Å². The van der Waals surface area contributed by atoms with E-state index in [4.69, 9.17) is 4.74 Å². The molecule has 0 spiro atoms. The summed E-state index contributed by atoms with van der Waals surface area (Å²) in [5.74, 6) is -0.724. The van der Waals surface area contributed by atoms with Crippen molar-refractivity contribution >= 4 is 34.9 Å². The number of methoxy groups -OCH3 is 1. The van der Waals surface area contributed by atoms with E-state index in [0.717, 1.165) is 55.2 Å². The van der Waals surface area contributed by atoms with Crippen molar-refractivity contribution in [1.29, 1.82) is 0 Å². The number of anilines is 1. The standard InChI is InChI=1S/C18H21F3N4O3S2/c1-22-16(26)14-15(28-18(19,20)21)17(30-23-14)29-11-4-5-12(13(10-11)27-3)25-8-6-24(2)7-9-25/h4-5,10H,6-9H2,1-3H3,(H,22,26). The van der Waals surface area contributed by atoms with Gasteiger partial charge in [0.2, 0.25) is 0 Å². The minimum Gasteiger partial charge on any atom is -0.495 e. The lowest BCUT2D eigenvalue weighted by Crippen LogP contribution is -2.44. The first-order chi connectivity index (χ1) is 14.2. The summed E-state index contributed by atoms with van der Waals surface area (Å²) in [6, 6.07) is 5.45. The van der Waals surface area contributed by atoms with Gasteiger partial charge in [0.25, 0.3) is 5.91 Å². The third kappa shape index (κ3) is 5.29. The second-order valence-corrected chi connectivity index (χ2v) is 8.62. The fourth-order valence-electron chi connectivity index (χ4n) is 2.94. The third-order valence-electron chi connectivity index (χ3n) is 4.49. The van der Waals surface area contributed by atoms with Gasteiger partial charge in [0.05, 0.1) is 12.8 Å². The Kier molecular flexibility index (Phi) is 6.98. The fourth-order valence-corrected chi connectivity index (χ4v) is 4.80. The molecule has 164 valence electrons. The largest absolute Gasteiger partial charge is 0.573 e. The number of halogens is 3. The van der Waals surface area contributed by atoms with E-state index in [9.17, 15) is 18.0 Å². The van der Waals surface area contributed by atoms with Gasteiger partial charge in [-0.3, -0.25) is 4.79 Å². The minimum absolute atomic E-state index is 0.125. The van der Waals surface area contributed by atoms with Crippen molar-refractivity contribution in [2.45, 2.75) is 15.5 Å². The van der Waals surface area contributed by atoms with Gasteiger partial charge in [0.15, 0.2) is 11.4 Å². The van der Waals surface area contributed by atoms with Crippen LogP contribution in [0.25, 0.3) is 0 Å². The Balaban J connectivity index is 1.87. The number of nitrogens with one attached hydrogen (secondary N) is 1. The average Bonchev–Trinajstić information content (AvgIpc) is 3.08. The Morgan fingerprint density at radius 2 is 1.97 bits per heavy atom. The Bertz CT molecular complexity index is 899. The maximum atomic E-state index is 12.9. The van der Waals surface area contributed by atoms with Crippen LogP contribution in [0.3, 0.4) is 0 Å². The molecule has 30 heavy (non-hydrogen) atoms. The second kappa shape index (κ2) is 9.31. The first kappa shape index (κ1) is 22.5. The molecule has 1 aromatic carbocycles. The van der Waals surface area contributed by atoms with Gasteiger partial charge in [-0.2, -0.15) is 4.37 Å². The van der Waals surface area contributed by atoms with Crippen LogP contribution in [0.4, 0.5) is 18.9 Å². The van der Waals surface area contributed by atoms with E-state index in [0.29, 0.717) is 10.6 Å². The summed E-state index contributed by atoms with van der Waals surface area (Å²) in [5.41, 5.74) is 0.528. The molecule has 1 amide bonds. The van der Waals surface area contributed by atoms with Gasteiger partial charge >= 0.3 is 6.36 Å². The number of carbonyl (C=O) groups excluding carboxylic acids is 1. The van der Waals surface area contributed by atoms with Crippen LogP contribution in [0.5, 0.6) is 11.5 Å². The summed E-state index contributed by atoms with van der Waals surface area (Å²) in [6.07, 6.45) is -4.94. The number of hydrogen-bond donors (Lipinski definition) is 1. The van der Waals surface area contributed by atoms with Gasteiger partial charge < -0.3 is 24.6 Å². The summed E-state index contributed by atoms with van der Waals surface area (Å²) >= 11 is 1.80. The zero-order chi connectivity index (χ0) is 21.9. The summed E-state index contributed by atoms with van der Waals surface area (Å²) in [7, 11) is 4.93. The molecule has 3 rings (SSSR count). The maximum Gasteiger partial charge on any atom is 0.573 e. The molecule has 2 aromatic rings. The fraction of sp³-hybridized carbons (Fsp3) is 0.444. The number of carbonyl (C=O) groups is 1. The van der Waals surface area contributed by atoms with E-state index in [1.165, 1.54) is 7.05 Å². The second-order valence-electron chi connectivity index (χ2n) is 6.50. The molecular weight excluding hydrogens is 441 g/mol. The predicted molar refractivity (Wildman–Crippen MR) is 109 cm³/mol. The molecular formula is C18H21F3N4O3S2. The molecule has 1 aliphatic heterocycles. The highest BCUT2D eigenvalue weighted by Gasteiger charge is 2.36. The van der Waals surface area contributed by atoms with Gasteiger partial charge in [-0.25, -0.2) is 0 Å². The number of nitrogens with zero attached hydrogens (tertiary/aromatic N) is 3.